The predicted octanol–water partition coefficient (Wildman–Crippen LogP) is 1.32. The third-order valence-corrected chi connectivity index (χ3v) is 3.91. The van der Waals surface area contributed by atoms with Crippen molar-refractivity contribution < 1.29 is 14.4 Å². The lowest BCUT2D eigenvalue weighted by Gasteiger charge is -2.21. The fraction of sp³-hybridized carbons (Fsp3) is 0.800. The normalized spacial score (nSPS) is 19.8. The molecule has 5 nitrogen and oxygen atoms in total. The number of carbonyl (C=O) groups is 3. The molecule has 0 spiro atoms. The number of nitrogens with zero attached hydrogens (tertiary/aromatic N) is 2. The zero-order valence-corrected chi connectivity index (χ0v) is 12.8. The highest BCUT2D eigenvalue weighted by Crippen LogP contribution is 2.16. The Morgan fingerprint density at radius 2 is 2.15 bits per heavy atom. The van der Waals surface area contributed by atoms with Gasteiger partial charge in [0.05, 0.1) is 0 Å². The van der Waals surface area contributed by atoms with Crippen LogP contribution in [0.25, 0.3) is 0 Å². The van der Waals surface area contributed by atoms with Gasteiger partial charge < -0.3 is 14.6 Å². The van der Waals surface area contributed by atoms with Crippen LogP contribution in [-0.2, 0) is 14.4 Å². The van der Waals surface area contributed by atoms with Crippen LogP contribution in [0, 0.1) is 11.8 Å². The van der Waals surface area contributed by atoms with E-state index in [1.165, 1.54) is 0 Å². The van der Waals surface area contributed by atoms with Crippen LogP contribution in [0.5, 0.6) is 0 Å². The molecular formula is C15H26N2O3. The third-order valence-electron chi connectivity index (χ3n) is 3.91. The predicted molar refractivity (Wildman–Crippen MR) is 77.1 cm³/mol. The molecule has 0 radical (unpaired) electrons. The molecule has 0 aromatic carbocycles. The van der Waals surface area contributed by atoms with Crippen molar-refractivity contribution in [2.24, 2.45) is 11.8 Å². The van der Waals surface area contributed by atoms with Crippen molar-refractivity contribution in [1.82, 2.24) is 9.80 Å². The summed E-state index contributed by atoms with van der Waals surface area (Å²) in [6.07, 6.45) is 3.29. The number of amides is 2. The minimum atomic E-state index is -0.271. The number of carbonyl (C=O) groups excluding carboxylic acids is 3. The molecule has 1 heterocycles. The van der Waals surface area contributed by atoms with Crippen LogP contribution in [0.3, 0.4) is 0 Å². The van der Waals surface area contributed by atoms with E-state index in [4.69, 9.17) is 0 Å². The Hall–Kier alpha value is -1.39. The van der Waals surface area contributed by atoms with Crippen LogP contribution in [0.15, 0.2) is 0 Å². The summed E-state index contributed by atoms with van der Waals surface area (Å²) in [5.74, 6) is 0.496. The molecule has 2 amide bonds. The number of rotatable bonds is 7. The smallest absolute Gasteiger partial charge is 0.225 e. The molecule has 2 atom stereocenters. The second-order valence-electron chi connectivity index (χ2n) is 5.90. The van der Waals surface area contributed by atoms with E-state index in [9.17, 15) is 14.4 Å². The molecule has 0 aliphatic carbocycles. The fourth-order valence-electron chi connectivity index (χ4n) is 2.52. The molecule has 0 aromatic rings. The van der Waals surface area contributed by atoms with Gasteiger partial charge in [-0.1, -0.05) is 13.8 Å². The van der Waals surface area contributed by atoms with Crippen molar-refractivity contribution >= 4 is 18.1 Å². The Bertz CT molecular complexity index is 357. The van der Waals surface area contributed by atoms with Crippen LogP contribution in [0.4, 0.5) is 0 Å². The van der Waals surface area contributed by atoms with E-state index in [1.54, 1.807) is 18.9 Å². The maximum atomic E-state index is 12.0. The minimum absolute atomic E-state index is 0.0284. The van der Waals surface area contributed by atoms with E-state index in [1.807, 2.05) is 4.90 Å². The summed E-state index contributed by atoms with van der Waals surface area (Å²) < 4.78 is 0. The van der Waals surface area contributed by atoms with Crippen LogP contribution >= 0.6 is 0 Å². The van der Waals surface area contributed by atoms with Crippen molar-refractivity contribution in [2.45, 2.75) is 39.5 Å². The number of hydrogen-bond donors (Lipinski definition) is 0. The summed E-state index contributed by atoms with van der Waals surface area (Å²) in [6, 6.07) is 0. The minimum Gasteiger partial charge on any atom is -0.346 e. The molecule has 0 bridgehead atoms. The highest BCUT2D eigenvalue weighted by atomic mass is 16.2. The average Bonchev–Trinajstić information content (AvgIpc) is 2.84. The van der Waals surface area contributed by atoms with Gasteiger partial charge in [0, 0.05) is 45.4 Å². The van der Waals surface area contributed by atoms with Gasteiger partial charge in [0.1, 0.15) is 6.29 Å². The first-order valence-corrected chi connectivity index (χ1v) is 7.42. The second kappa shape index (κ2) is 8.02. The van der Waals surface area contributed by atoms with Gasteiger partial charge in [0.2, 0.25) is 11.8 Å². The molecule has 0 saturated carbocycles. The van der Waals surface area contributed by atoms with Gasteiger partial charge in [-0.3, -0.25) is 9.59 Å². The van der Waals surface area contributed by atoms with E-state index >= 15 is 0 Å². The molecule has 1 aliphatic rings. The summed E-state index contributed by atoms with van der Waals surface area (Å²) in [5.41, 5.74) is 0. The molecule has 5 heteroatoms. The van der Waals surface area contributed by atoms with Gasteiger partial charge in [-0.15, -0.1) is 0 Å². The number of aldehydes is 1. The lowest BCUT2D eigenvalue weighted by Crippen LogP contribution is -2.34. The molecular weight excluding hydrogens is 256 g/mol. The van der Waals surface area contributed by atoms with Crippen molar-refractivity contribution in [2.75, 3.05) is 26.7 Å². The molecule has 114 valence electrons. The standard InChI is InChI=1S/C15H26N2O3/c1-12-6-9-17(11-12)14(19)5-4-8-16(3)15(20)13(2)7-10-18/h10,12-13H,4-9,11H2,1-3H3. The maximum Gasteiger partial charge on any atom is 0.225 e. The van der Waals surface area contributed by atoms with E-state index in [0.29, 0.717) is 25.3 Å². The Kier molecular flexibility index (Phi) is 6.68. The van der Waals surface area contributed by atoms with Gasteiger partial charge in [-0.05, 0) is 18.8 Å². The zero-order valence-electron chi connectivity index (χ0n) is 12.8. The first-order valence-electron chi connectivity index (χ1n) is 7.42. The summed E-state index contributed by atoms with van der Waals surface area (Å²) in [5, 5.41) is 0. The molecule has 0 aromatic heterocycles. The van der Waals surface area contributed by atoms with Gasteiger partial charge in [-0.25, -0.2) is 0 Å². The molecule has 1 rings (SSSR count). The summed E-state index contributed by atoms with van der Waals surface area (Å²) >= 11 is 0. The number of likely N-dealkylation sites (tertiary alicyclic amines) is 1. The van der Waals surface area contributed by atoms with Crippen molar-refractivity contribution in [3.8, 4) is 0 Å². The summed E-state index contributed by atoms with van der Waals surface area (Å²) in [6.45, 7) is 6.21. The van der Waals surface area contributed by atoms with Gasteiger partial charge in [0.15, 0.2) is 0 Å². The molecule has 1 fully saturated rings. The lowest BCUT2D eigenvalue weighted by molar-refractivity contribution is -0.135. The highest BCUT2D eigenvalue weighted by molar-refractivity contribution is 5.80. The van der Waals surface area contributed by atoms with Crippen molar-refractivity contribution in [1.29, 1.82) is 0 Å². The Labute approximate surface area is 121 Å². The van der Waals surface area contributed by atoms with Crippen LogP contribution < -0.4 is 0 Å². The van der Waals surface area contributed by atoms with E-state index in [-0.39, 0.29) is 24.2 Å². The van der Waals surface area contributed by atoms with Gasteiger partial charge >= 0.3 is 0 Å². The topological polar surface area (TPSA) is 57.7 Å². The fourth-order valence-corrected chi connectivity index (χ4v) is 2.52. The molecule has 1 saturated heterocycles. The Morgan fingerprint density at radius 1 is 1.45 bits per heavy atom. The summed E-state index contributed by atoms with van der Waals surface area (Å²) in [7, 11) is 1.73. The van der Waals surface area contributed by atoms with E-state index < -0.39 is 0 Å². The largest absolute Gasteiger partial charge is 0.346 e. The third kappa shape index (κ3) is 4.94. The van der Waals surface area contributed by atoms with Crippen LogP contribution in [-0.4, -0.2) is 54.6 Å². The quantitative estimate of drug-likeness (QED) is 0.662. The summed E-state index contributed by atoms with van der Waals surface area (Å²) in [4.78, 5) is 37.8. The average molecular weight is 282 g/mol. The Morgan fingerprint density at radius 3 is 2.70 bits per heavy atom. The maximum absolute atomic E-state index is 12.0. The first-order chi connectivity index (χ1) is 9.45. The number of hydrogen-bond acceptors (Lipinski definition) is 3. The lowest BCUT2D eigenvalue weighted by atomic mass is 10.1. The SMILES string of the molecule is CC1CCN(C(=O)CCCN(C)C(=O)C(C)CC=O)C1. The molecule has 20 heavy (non-hydrogen) atoms. The van der Waals surface area contributed by atoms with E-state index in [2.05, 4.69) is 6.92 Å². The molecule has 2 unspecified atom stereocenters. The highest BCUT2D eigenvalue weighted by Gasteiger charge is 2.23. The van der Waals surface area contributed by atoms with Crippen LogP contribution in [0.2, 0.25) is 0 Å². The van der Waals surface area contributed by atoms with E-state index in [0.717, 1.165) is 25.8 Å². The van der Waals surface area contributed by atoms with Crippen molar-refractivity contribution in [3.63, 3.8) is 0 Å². The molecule has 0 N–H and O–H groups in total. The monoisotopic (exact) mass is 282 g/mol. The zero-order chi connectivity index (χ0) is 15.1. The van der Waals surface area contributed by atoms with Gasteiger partial charge in [-0.2, -0.15) is 0 Å². The molecule has 1 aliphatic heterocycles. The first kappa shape index (κ1) is 16.7. The second-order valence-corrected chi connectivity index (χ2v) is 5.90. The van der Waals surface area contributed by atoms with Crippen molar-refractivity contribution in [3.05, 3.63) is 0 Å². The van der Waals surface area contributed by atoms with Crippen LogP contribution in [0.1, 0.15) is 39.5 Å². The Balaban J connectivity index is 2.24. The van der Waals surface area contributed by atoms with Gasteiger partial charge in [0.25, 0.3) is 0 Å².